The van der Waals surface area contributed by atoms with Gasteiger partial charge >= 0.3 is 0 Å². The molecule has 1 aromatic carbocycles. The highest BCUT2D eigenvalue weighted by Crippen LogP contribution is 2.51. The summed E-state index contributed by atoms with van der Waals surface area (Å²) in [5.74, 6) is 0.963. The lowest BCUT2D eigenvalue weighted by Crippen LogP contribution is -2.22. The summed E-state index contributed by atoms with van der Waals surface area (Å²) >= 11 is 0. The molecular formula is C16H20O4. The van der Waals surface area contributed by atoms with E-state index in [0.717, 1.165) is 16.9 Å². The first kappa shape index (κ1) is 13.6. The maximum absolute atomic E-state index is 11.1. The number of carbonyl (C=O) groups excluding carboxylic acids is 1. The van der Waals surface area contributed by atoms with Gasteiger partial charge in [0.2, 0.25) is 0 Å². The van der Waals surface area contributed by atoms with Gasteiger partial charge in [0.05, 0.1) is 6.10 Å². The maximum atomic E-state index is 11.1. The van der Waals surface area contributed by atoms with E-state index in [1.807, 2.05) is 18.2 Å². The highest BCUT2D eigenvalue weighted by Gasteiger charge is 2.49. The molecule has 4 nitrogen and oxygen atoms in total. The molecule has 0 spiro atoms. The highest BCUT2D eigenvalue weighted by molar-refractivity contribution is 5.75. The zero-order valence-electron chi connectivity index (χ0n) is 11.6. The molecule has 20 heavy (non-hydrogen) atoms. The molecule has 1 aromatic rings. The first-order chi connectivity index (χ1) is 9.61. The predicted octanol–water partition coefficient (Wildman–Crippen LogP) is 1.43. The normalized spacial score (nSPS) is 30.8. The van der Waals surface area contributed by atoms with E-state index in [4.69, 9.17) is 4.74 Å². The molecule has 2 N–H and O–H groups in total. The van der Waals surface area contributed by atoms with Gasteiger partial charge in [-0.15, -0.1) is 0 Å². The molecule has 0 saturated heterocycles. The third-order valence-corrected chi connectivity index (χ3v) is 4.54. The molecule has 0 aromatic heterocycles. The van der Waals surface area contributed by atoms with Crippen molar-refractivity contribution >= 4 is 5.78 Å². The van der Waals surface area contributed by atoms with Crippen molar-refractivity contribution in [3.63, 3.8) is 0 Å². The van der Waals surface area contributed by atoms with Crippen molar-refractivity contribution in [1.82, 2.24) is 0 Å². The highest BCUT2D eigenvalue weighted by atomic mass is 16.5. The van der Waals surface area contributed by atoms with E-state index in [1.54, 1.807) is 6.92 Å². The molecule has 1 fully saturated rings. The lowest BCUT2D eigenvalue weighted by molar-refractivity contribution is -0.116. The Bertz CT molecular complexity index is 525. The Morgan fingerprint density at radius 2 is 2.25 bits per heavy atom. The van der Waals surface area contributed by atoms with E-state index in [1.165, 1.54) is 0 Å². The second-order valence-corrected chi connectivity index (χ2v) is 5.87. The van der Waals surface area contributed by atoms with Crippen LogP contribution in [0.5, 0.6) is 5.75 Å². The number of carbonyl (C=O) groups is 1. The molecule has 1 aliphatic carbocycles. The standard InChI is InChI=1S/C16H20O4/c1-9(18)5-6-10-3-2-4-11-15-12(8-17)13(19)7-14(15)20-16(10)11/h2-4,12-15,17,19H,5-8H2,1H3/t12-,13+,14-,15+/m0/s1. The number of aryl methyl sites for hydroxylation is 1. The van der Waals surface area contributed by atoms with Crippen LogP contribution in [-0.2, 0) is 11.2 Å². The third-order valence-electron chi connectivity index (χ3n) is 4.54. The van der Waals surface area contributed by atoms with Crippen LogP contribution in [0.15, 0.2) is 18.2 Å². The first-order valence-electron chi connectivity index (χ1n) is 7.18. The second-order valence-electron chi connectivity index (χ2n) is 5.87. The van der Waals surface area contributed by atoms with Gasteiger partial charge in [-0.25, -0.2) is 0 Å². The summed E-state index contributed by atoms with van der Waals surface area (Å²) in [5.41, 5.74) is 2.13. The maximum Gasteiger partial charge on any atom is 0.130 e. The summed E-state index contributed by atoms with van der Waals surface area (Å²) in [6, 6.07) is 5.98. The number of benzene rings is 1. The summed E-state index contributed by atoms with van der Waals surface area (Å²) in [5, 5.41) is 19.5. The number of hydrogen-bond donors (Lipinski definition) is 2. The number of rotatable bonds is 4. The topological polar surface area (TPSA) is 66.8 Å². The molecule has 1 aliphatic heterocycles. The number of fused-ring (bicyclic) bond motifs is 3. The van der Waals surface area contributed by atoms with Crippen LogP contribution >= 0.6 is 0 Å². The minimum absolute atomic E-state index is 0.0250. The Morgan fingerprint density at radius 3 is 2.95 bits per heavy atom. The van der Waals surface area contributed by atoms with Gasteiger partial charge in [-0.2, -0.15) is 0 Å². The minimum atomic E-state index is -0.496. The summed E-state index contributed by atoms with van der Waals surface area (Å²) in [4.78, 5) is 11.1. The van der Waals surface area contributed by atoms with Crippen molar-refractivity contribution in [2.24, 2.45) is 5.92 Å². The molecular weight excluding hydrogens is 256 g/mol. The van der Waals surface area contributed by atoms with Crippen LogP contribution in [0.1, 0.15) is 36.8 Å². The van der Waals surface area contributed by atoms with Crippen LogP contribution in [0.2, 0.25) is 0 Å². The van der Waals surface area contributed by atoms with Crippen LogP contribution in [-0.4, -0.2) is 34.8 Å². The van der Waals surface area contributed by atoms with Gasteiger partial charge in [-0.05, 0) is 18.9 Å². The van der Waals surface area contributed by atoms with Gasteiger partial charge in [-0.1, -0.05) is 18.2 Å². The fraction of sp³-hybridized carbons (Fsp3) is 0.562. The fourth-order valence-corrected chi connectivity index (χ4v) is 3.53. The summed E-state index contributed by atoms with van der Waals surface area (Å²) in [7, 11) is 0. The monoisotopic (exact) mass is 276 g/mol. The van der Waals surface area contributed by atoms with Crippen molar-refractivity contribution in [1.29, 1.82) is 0 Å². The van der Waals surface area contributed by atoms with E-state index in [0.29, 0.717) is 19.3 Å². The van der Waals surface area contributed by atoms with E-state index < -0.39 is 6.10 Å². The quantitative estimate of drug-likeness (QED) is 0.873. The molecule has 2 aliphatic rings. The first-order valence-corrected chi connectivity index (χ1v) is 7.18. The molecule has 4 heteroatoms. The molecule has 108 valence electrons. The van der Waals surface area contributed by atoms with Gasteiger partial charge < -0.3 is 19.7 Å². The lowest BCUT2D eigenvalue weighted by atomic mass is 9.87. The predicted molar refractivity (Wildman–Crippen MR) is 73.8 cm³/mol. The molecule has 1 heterocycles. The SMILES string of the molecule is CC(=O)CCc1cccc2c1O[C@H]1C[C@@H](O)[C@H](CO)[C@@H]21. The number of aliphatic hydroxyl groups excluding tert-OH is 2. The Morgan fingerprint density at radius 1 is 1.45 bits per heavy atom. The van der Waals surface area contributed by atoms with Crippen LogP contribution < -0.4 is 4.74 Å². The van der Waals surface area contributed by atoms with Crippen LogP contribution in [0.25, 0.3) is 0 Å². The van der Waals surface area contributed by atoms with Gasteiger partial charge in [-0.3, -0.25) is 0 Å². The average molecular weight is 276 g/mol. The van der Waals surface area contributed by atoms with Crippen molar-refractivity contribution in [2.75, 3.05) is 6.61 Å². The third kappa shape index (κ3) is 2.13. The van der Waals surface area contributed by atoms with Gasteiger partial charge in [0.1, 0.15) is 17.6 Å². The van der Waals surface area contributed by atoms with E-state index in [-0.39, 0.29) is 30.3 Å². The van der Waals surface area contributed by atoms with Crippen molar-refractivity contribution in [3.05, 3.63) is 29.3 Å². The van der Waals surface area contributed by atoms with E-state index >= 15 is 0 Å². The number of ether oxygens (including phenoxy) is 1. The second kappa shape index (κ2) is 5.19. The fourth-order valence-electron chi connectivity index (χ4n) is 3.53. The molecule has 1 saturated carbocycles. The number of para-hydroxylation sites is 1. The van der Waals surface area contributed by atoms with Gasteiger partial charge in [0, 0.05) is 36.8 Å². The molecule has 0 amide bonds. The summed E-state index contributed by atoms with van der Waals surface area (Å²) in [6.07, 6.45) is 1.22. The summed E-state index contributed by atoms with van der Waals surface area (Å²) < 4.78 is 6.01. The Labute approximate surface area is 118 Å². The Kier molecular flexibility index (Phi) is 3.52. The smallest absolute Gasteiger partial charge is 0.130 e. The molecule has 0 unspecified atom stereocenters. The molecule has 0 radical (unpaired) electrons. The molecule has 4 atom stereocenters. The zero-order valence-corrected chi connectivity index (χ0v) is 11.6. The van der Waals surface area contributed by atoms with Crippen LogP contribution in [0.4, 0.5) is 0 Å². The lowest BCUT2D eigenvalue weighted by Gasteiger charge is -2.18. The number of Topliss-reactive ketones (excluding diaryl/α,β-unsaturated/α-hetero) is 1. The average Bonchev–Trinajstić information content (AvgIpc) is 2.90. The van der Waals surface area contributed by atoms with Crippen molar-refractivity contribution in [3.8, 4) is 5.75 Å². The number of aliphatic hydroxyl groups is 2. The summed E-state index contributed by atoms with van der Waals surface area (Å²) in [6.45, 7) is 1.57. The largest absolute Gasteiger partial charge is 0.489 e. The molecule has 3 rings (SSSR count). The minimum Gasteiger partial charge on any atom is -0.489 e. The van der Waals surface area contributed by atoms with Crippen molar-refractivity contribution < 1.29 is 19.7 Å². The van der Waals surface area contributed by atoms with Gasteiger partial charge in [0.25, 0.3) is 0 Å². The van der Waals surface area contributed by atoms with E-state index in [2.05, 4.69) is 0 Å². The number of ketones is 1. The van der Waals surface area contributed by atoms with Crippen molar-refractivity contribution in [2.45, 2.75) is 44.3 Å². The van der Waals surface area contributed by atoms with Crippen LogP contribution in [0, 0.1) is 5.92 Å². The Balaban J connectivity index is 1.90. The molecule has 0 bridgehead atoms. The van der Waals surface area contributed by atoms with E-state index in [9.17, 15) is 15.0 Å². The number of hydrogen-bond acceptors (Lipinski definition) is 4. The van der Waals surface area contributed by atoms with Gasteiger partial charge in [0.15, 0.2) is 0 Å². The Hall–Kier alpha value is -1.39. The van der Waals surface area contributed by atoms with Crippen LogP contribution in [0.3, 0.4) is 0 Å². The zero-order chi connectivity index (χ0) is 14.3.